The monoisotopic (exact) mass is 476 g/mol. The van der Waals surface area contributed by atoms with E-state index in [2.05, 4.69) is 0 Å². The maximum atomic E-state index is 13.0. The van der Waals surface area contributed by atoms with Crippen LogP contribution in [0.25, 0.3) is 0 Å². The van der Waals surface area contributed by atoms with Crippen LogP contribution in [-0.4, -0.2) is 75.7 Å². The van der Waals surface area contributed by atoms with Crippen LogP contribution in [0.5, 0.6) is 23.0 Å². The lowest BCUT2D eigenvalue weighted by molar-refractivity contribution is -0.277. The molecule has 0 aliphatic carbocycles. The molecule has 2 aromatic carbocycles. The number of ether oxygens (including phenoxy) is 4. The van der Waals surface area contributed by atoms with Gasteiger partial charge in [-0.25, -0.2) is 0 Å². The summed E-state index contributed by atoms with van der Waals surface area (Å²) in [5.74, 6) is 0.262. The Morgan fingerprint density at radius 3 is 2.32 bits per heavy atom. The summed E-state index contributed by atoms with van der Waals surface area (Å²) in [6.07, 6.45) is -7.99. The van der Waals surface area contributed by atoms with Gasteiger partial charge in [-0.2, -0.15) is 0 Å². The molecule has 2 aliphatic heterocycles. The van der Waals surface area contributed by atoms with E-state index in [9.17, 15) is 30.3 Å². The molecular weight excluding hydrogens is 448 g/mol. The highest BCUT2D eigenvalue weighted by Gasteiger charge is 2.45. The molecule has 0 bridgehead atoms. The summed E-state index contributed by atoms with van der Waals surface area (Å²) in [5.41, 5.74) is 1.39. The summed E-state index contributed by atoms with van der Waals surface area (Å²) in [6.45, 7) is 2.55. The molecule has 4 rings (SSSR count). The molecule has 2 aliphatic rings. The number of benzene rings is 2. The number of rotatable bonds is 5. The zero-order valence-electron chi connectivity index (χ0n) is 19.0. The second-order valence-electron chi connectivity index (χ2n) is 8.45. The van der Waals surface area contributed by atoms with Crippen molar-refractivity contribution in [3.8, 4) is 23.0 Å². The summed E-state index contributed by atoms with van der Waals surface area (Å²) < 4.78 is 22.5. The number of phenolic OH excluding ortho intramolecular Hbond substituents is 1. The highest BCUT2D eigenvalue weighted by Crippen LogP contribution is 2.48. The third-order valence-corrected chi connectivity index (χ3v) is 6.32. The van der Waals surface area contributed by atoms with Crippen molar-refractivity contribution in [3.63, 3.8) is 0 Å². The van der Waals surface area contributed by atoms with Crippen molar-refractivity contribution in [2.75, 3.05) is 13.7 Å². The van der Waals surface area contributed by atoms with Crippen LogP contribution in [0, 0.1) is 13.8 Å². The van der Waals surface area contributed by atoms with E-state index in [0.29, 0.717) is 11.3 Å². The number of aliphatic hydroxyl groups excluding tert-OH is 4. The van der Waals surface area contributed by atoms with Crippen LogP contribution in [0.1, 0.15) is 39.6 Å². The molecule has 6 atom stereocenters. The van der Waals surface area contributed by atoms with Crippen molar-refractivity contribution in [2.45, 2.75) is 57.1 Å². The van der Waals surface area contributed by atoms with Gasteiger partial charge in [0.1, 0.15) is 59.1 Å². The van der Waals surface area contributed by atoms with Gasteiger partial charge in [-0.3, -0.25) is 4.79 Å². The number of methoxy groups -OCH3 is 1. The molecule has 34 heavy (non-hydrogen) atoms. The Morgan fingerprint density at radius 2 is 1.71 bits per heavy atom. The highest BCUT2D eigenvalue weighted by atomic mass is 16.7. The van der Waals surface area contributed by atoms with Crippen molar-refractivity contribution in [1.29, 1.82) is 0 Å². The first-order valence-electron chi connectivity index (χ1n) is 10.8. The first-order valence-corrected chi connectivity index (χ1v) is 10.8. The Balaban J connectivity index is 1.69. The van der Waals surface area contributed by atoms with E-state index in [0.717, 1.165) is 5.56 Å². The molecule has 0 aromatic heterocycles. The second-order valence-corrected chi connectivity index (χ2v) is 8.45. The van der Waals surface area contributed by atoms with Gasteiger partial charge in [0.25, 0.3) is 0 Å². The number of aliphatic hydroxyl groups is 4. The molecular formula is C24H28O10. The van der Waals surface area contributed by atoms with Gasteiger partial charge >= 0.3 is 0 Å². The number of carbonyl (C=O) groups excluding carboxylic acids is 1. The number of hydrogen-bond acceptors (Lipinski definition) is 10. The molecule has 0 saturated carbocycles. The van der Waals surface area contributed by atoms with Gasteiger partial charge in [-0.15, -0.1) is 0 Å². The van der Waals surface area contributed by atoms with Crippen molar-refractivity contribution in [3.05, 3.63) is 46.5 Å². The molecule has 2 aromatic rings. The molecule has 5 N–H and O–H groups in total. The quantitative estimate of drug-likeness (QED) is 0.420. The topological polar surface area (TPSA) is 155 Å². The molecule has 0 amide bonds. The molecule has 2 heterocycles. The summed E-state index contributed by atoms with van der Waals surface area (Å²) in [7, 11) is 1.55. The molecule has 184 valence electrons. The summed E-state index contributed by atoms with van der Waals surface area (Å²) in [6, 6.07) is 7.09. The van der Waals surface area contributed by atoms with E-state index in [1.807, 2.05) is 0 Å². The molecule has 0 unspecified atom stereocenters. The zero-order chi connectivity index (χ0) is 24.7. The number of carbonyl (C=O) groups is 1. The minimum absolute atomic E-state index is 0.0265. The number of phenols is 1. The number of aromatic hydroxyl groups is 1. The Morgan fingerprint density at radius 1 is 1.03 bits per heavy atom. The normalized spacial score (nSPS) is 28.7. The van der Waals surface area contributed by atoms with Gasteiger partial charge in [-0.05, 0) is 31.5 Å². The van der Waals surface area contributed by atoms with E-state index in [1.54, 1.807) is 38.3 Å². The first kappa shape index (κ1) is 24.2. The van der Waals surface area contributed by atoms with Crippen molar-refractivity contribution in [1.82, 2.24) is 0 Å². The van der Waals surface area contributed by atoms with E-state index in [4.69, 9.17) is 18.9 Å². The Bertz CT molecular complexity index is 1060. The molecule has 1 saturated heterocycles. The van der Waals surface area contributed by atoms with Gasteiger partial charge in [0.05, 0.1) is 20.1 Å². The summed E-state index contributed by atoms with van der Waals surface area (Å²) in [5, 5.41) is 50.6. The van der Waals surface area contributed by atoms with Gasteiger partial charge in [-0.1, -0.05) is 12.1 Å². The van der Waals surface area contributed by atoms with Gasteiger partial charge in [0, 0.05) is 11.1 Å². The number of Topliss-reactive ketones (excluding diaryl/α,β-unsaturated/α-hetero) is 1. The lowest BCUT2D eigenvalue weighted by Crippen LogP contribution is -2.60. The molecule has 1 fully saturated rings. The fraction of sp³-hybridized carbons (Fsp3) is 0.458. The smallest absolute Gasteiger partial charge is 0.229 e. The fourth-order valence-corrected chi connectivity index (χ4v) is 4.30. The maximum absolute atomic E-state index is 13.0. The largest absolute Gasteiger partial charge is 0.507 e. The minimum Gasteiger partial charge on any atom is -0.507 e. The molecule has 10 nitrogen and oxygen atoms in total. The number of hydrogen-bond donors (Lipinski definition) is 5. The fourth-order valence-electron chi connectivity index (χ4n) is 4.30. The summed E-state index contributed by atoms with van der Waals surface area (Å²) >= 11 is 0. The minimum atomic E-state index is -1.63. The lowest BCUT2D eigenvalue weighted by Gasteiger charge is -2.40. The average molecular weight is 476 g/mol. The first-order chi connectivity index (χ1) is 16.2. The second kappa shape index (κ2) is 9.40. The van der Waals surface area contributed by atoms with Crippen LogP contribution in [-0.2, 0) is 4.74 Å². The third kappa shape index (κ3) is 4.08. The predicted octanol–water partition coefficient (Wildman–Crippen LogP) is 0.903. The number of ketones is 1. The van der Waals surface area contributed by atoms with Crippen LogP contribution in [0.3, 0.4) is 0 Å². The standard InChI is InChI=1S/C24H28O10/c1-10-18(27)17-14(26)8-15(12-4-6-13(31-3)7-5-12)32-23(17)11(2)22(10)34-24-21(30)20(29)19(28)16(9-25)33-24/h4-7,15-16,19-21,24-25,27-30H,8-9H2,1-3H3/t15-,16+,19+,20-,21+,24-/m0/s1. The van der Waals surface area contributed by atoms with Crippen molar-refractivity contribution >= 4 is 5.78 Å². The third-order valence-electron chi connectivity index (χ3n) is 6.32. The lowest BCUT2D eigenvalue weighted by atomic mass is 9.91. The Labute approximate surface area is 195 Å². The zero-order valence-corrected chi connectivity index (χ0v) is 19.0. The van der Waals surface area contributed by atoms with Crippen molar-refractivity contribution in [2.24, 2.45) is 0 Å². The predicted molar refractivity (Wildman–Crippen MR) is 117 cm³/mol. The van der Waals surface area contributed by atoms with E-state index < -0.39 is 43.4 Å². The van der Waals surface area contributed by atoms with Crippen LogP contribution < -0.4 is 14.2 Å². The Kier molecular flexibility index (Phi) is 6.70. The average Bonchev–Trinajstić information content (AvgIpc) is 2.84. The van der Waals surface area contributed by atoms with E-state index >= 15 is 0 Å². The van der Waals surface area contributed by atoms with Crippen LogP contribution >= 0.6 is 0 Å². The van der Waals surface area contributed by atoms with E-state index in [1.165, 1.54) is 6.92 Å². The van der Waals surface area contributed by atoms with Crippen LogP contribution in [0.2, 0.25) is 0 Å². The van der Waals surface area contributed by atoms with Crippen molar-refractivity contribution < 1.29 is 49.3 Å². The van der Waals surface area contributed by atoms with Crippen LogP contribution in [0.4, 0.5) is 0 Å². The van der Waals surface area contributed by atoms with Crippen LogP contribution in [0.15, 0.2) is 24.3 Å². The molecule has 0 spiro atoms. The number of fused-ring (bicyclic) bond motifs is 1. The Hall–Kier alpha value is -2.89. The van der Waals surface area contributed by atoms with Gasteiger partial charge in [0.2, 0.25) is 6.29 Å². The van der Waals surface area contributed by atoms with Gasteiger partial charge in [0.15, 0.2) is 5.78 Å². The maximum Gasteiger partial charge on any atom is 0.229 e. The SMILES string of the molecule is COc1ccc([C@@H]2CC(=O)c3c(O)c(C)c(O[C@@H]4O[C@H](CO)[C@@H](O)[C@H](O)[C@H]4O)c(C)c3O2)cc1. The molecule has 10 heteroatoms. The van der Waals surface area contributed by atoms with E-state index in [-0.39, 0.29) is 40.6 Å². The van der Waals surface area contributed by atoms with Gasteiger partial charge < -0.3 is 44.5 Å². The highest BCUT2D eigenvalue weighted by molar-refractivity contribution is 6.03. The molecule has 0 radical (unpaired) electrons. The summed E-state index contributed by atoms with van der Waals surface area (Å²) in [4.78, 5) is 13.0.